The van der Waals surface area contributed by atoms with Crippen molar-refractivity contribution in [3.63, 3.8) is 0 Å². The van der Waals surface area contributed by atoms with Gasteiger partial charge in [-0.2, -0.15) is 0 Å². The molecule has 1 fully saturated rings. The average molecular weight is 637 g/mol. The number of hydrogen-bond acceptors (Lipinski definition) is 7. The first-order valence-electron chi connectivity index (χ1n) is 14.7. The van der Waals surface area contributed by atoms with Gasteiger partial charge in [-0.3, -0.25) is 24.5 Å². The molecule has 1 aliphatic heterocycles. The Labute approximate surface area is 266 Å². The van der Waals surface area contributed by atoms with E-state index in [0.717, 1.165) is 15.9 Å². The zero-order valence-electron chi connectivity index (χ0n) is 25.7. The van der Waals surface area contributed by atoms with Crippen LogP contribution in [0.15, 0.2) is 115 Å². The predicted octanol–water partition coefficient (Wildman–Crippen LogP) is 4.55. The first-order valence-corrected chi connectivity index (χ1v) is 16.5. The number of likely N-dealkylation sites (tertiary alicyclic amines) is 1. The van der Waals surface area contributed by atoms with E-state index in [9.17, 15) is 29.3 Å². The van der Waals surface area contributed by atoms with Crippen LogP contribution < -0.4 is 15.9 Å². The van der Waals surface area contributed by atoms with Crippen molar-refractivity contribution in [3.05, 3.63) is 131 Å². The molecule has 4 aromatic carbocycles. The quantitative estimate of drug-likeness (QED) is 0.0591. The molecule has 0 bridgehead atoms. The SMILES string of the molecule is CC(=O)C(C)(C(C)=O)C1CC(=O)N1C(C(=O)OCc1ccc([N+](=O)[O-])cc1)=P(c1ccccc1)(c1ccccc1)c1ccccc1. The molecule has 1 saturated heterocycles. The van der Waals surface area contributed by atoms with E-state index in [0.29, 0.717) is 5.56 Å². The van der Waals surface area contributed by atoms with Crippen LogP contribution in [0.25, 0.3) is 0 Å². The van der Waals surface area contributed by atoms with Gasteiger partial charge in [-0.1, -0.05) is 91.0 Å². The highest BCUT2D eigenvalue weighted by Gasteiger charge is 2.57. The molecule has 1 amide bonds. The number of amides is 1. The number of ketones is 2. The number of non-ortho nitro benzene ring substituents is 1. The van der Waals surface area contributed by atoms with E-state index in [1.165, 1.54) is 49.9 Å². The lowest BCUT2D eigenvalue weighted by Gasteiger charge is -2.50. The largest absolute Gasteiger partial charge is 0.456 e. The van der Waals surface area contributed by atoms with Crippen molar-refractivity contribution >= 4 is 57.3 Å². The summed E-state index contributed by atoms with van der Waals surface area (Å²) in [5.41, 5.74) is -1.12. The maximum absolute atomic E-state index is 14.7. The topological polar surface area (TPSA) is 124 Å². The van der Waals surface area contributed by atoms with Gasteiger partial charge in [-0.25, -0.2) is 4.79 Å². The van der Waals surface area contributed by atoms with Crippen molar-refractivity contribution in [3.8, 4) is 0 Å². The number of nitrogens with zero attached hydrogens (tertiary/aromatic N) is 2. The lowest BCUT2D eigenvalue weighted by atomic mass is 9.70. The Morgan fingerprint density at radius 3 is 1.61 bits per heavy atom. The Kier molecular flexibility index (Phi) is 9.17. The van der Waals surface area contributed by atoms with E-state index in [-0.39, 0.29) is 24.1 Å². The molecule has 0 N–H and O–H groups in total. The van der Waals surface area contributed by atoms with Crippen LogP contribution in [0.3, 0.4) is 0 Å². The van der Waals surface area contributed by atoms with Gasteiger partial charge >= 0.3 is 5.97 Å². The normalized spacial score (nSPS) is 14.6. The molecule has 9 nitrogen and oxygen atoms in total. The molecule has 1 atom stereocenters. The fourth-order valence-corrected chi connectivity index (χ4v) is 10.4. The monoisotopic (exact) mass is 636 g/mol. The summed E-state index contributed by atoms with van der Waals surface area (Å²) < 4.78 is 5.97. The molecule has 10 heteroatoms. The van der Waals surface area contributed by atoms with E-state index in [1.807, 2.05) is 91.0 Å². The number of benzene rings is 4. The van der Waals surface area contributed by atoms with E-state index >= 15 is 0 Å². The van der Waals surface area contributed by atoms with Crippen molar-refractivity contribution in [1.29, 1.82) is 0 Å². The van der Waals surface area contributed by atoms with Crippen molar-refractivity contribution in [2.45, 2.75) is 39.8 Å². The lowest BCUT2D eigenvalue weighted by Crippen LogP contribution is -2.67. The van der Waals surface area contributed by atoms with Gasteiger partial charge in [0.15, 0.2) is 0 Å². The maximum atomic E-state index is 14.7. The molecule has 0 radical (unpaired) electrons. The Morgan fingerprint density at radius 1 is 0.804 bits per heavy atom. The third-order valence-corrected chi connectivity index (χ3v) is 13.0. The first kappa shape index (κ1) is 32.3. The third kappa shape index (κ3) is 5.59. The summed E-state index contributed by atoms with van der Waals surface area (Å²) in [5, 5.41) is 13.5. The van der Waals surface area contributed by atoms with Gasteiger partial charge in [0, 0.05) is 25.4 Å². The zero-order chi connectivity index (χ0) is 33.1. The summed E-state index contributed by atoms with van der Waals surface area (Å²) in [6.45, 7) is 0.681. The van der Waals surface area contributed by atoms with Crippen molar-refractivity contribution in [2.24, 2.45) is 5.41 Å². The van der Waals surface area contributed by atoms with Gasteiger partial charge in [0.05, 0.1) is 11.0 Å². The van der Waals surface area contributed by atoms with Gasteiger partial charge in [-0.05, 0) is 54.4 Å². The fraction of sp³-hybridized carbons (Fsp3) is 0.194. The second-order valence-electron chi connectivity index (χ2n) is 11.3. The maximum Gasteiger partial charge on any atom is 0.356 e. The molecule has 5 rings (SSSR count). The van der Waals surface area contributed by atoms with Crippen LogP contribution >= 0.6 is 6.89 Å². The van der Waals surface area contributed by atoms with Crippen LogP contribution in [0.4, 0.5) is 5.69 Å². The number of nitro groups is 1. The summed E-state index contributed by atoms with van der Waals surface area (Å²) in [7, 11) is 0. The first-order chi connectivity index (χ1) is 22.0. The predicted molar refractivity (Wildman–Crippen MR) is 178 cm³/mol. The number of esters is 1. The van der Waals surface area contributed by atoms with Crippen LogP contribution in [0.5, 0.6) is 0 Å². The van der Waals surface area contributed by atoms with E-state index in [4.69, 9.17) is 4.74 Å². The molecule has 0 aromatic heterocycles. The smallest absolute Gasteiger partial charge is 0.356 e. The molecule has 0 saturated carbocycles. The molecule has 46 heavy (non-hydrogen) atoms. The summed E-state index contributed by atoms with van der Waals surface area (Å²) in [4.78, 5) is 66.8. The molecule has 234 valence electrons. The highest BCUT2D eigenvalue weighted by molar-refractivity contribution is 7.96. The Morgan fingerprint density at radius 2 is 1.24 bits per heavy atom. The minimum absolute atomic E-state index is 0.0491. The molecular formula is C36H33N2O7P. The van der Waals surface area contributed by atoms with Gasteiger partial charge in [0.1, 0.15) is 29.0 Å². The Balaban J connectivity index is 1.85. The van der Waals surface area contributed by atoms with Crippen LogP contribution in [0.2, 0.25) is 0 Å². The summed E-state index contributed by atoms with van der Waals surface area (Å²) >= 11 is 0. The number of carbonyl (C=O) groups is 4. The number of hydrogen-bond donors (Lipinski definition) is 0. The summed E-state index contributed by atoms with van der Waals surface area (Å²) in [6.07, 6.45) is -0.104. The molecule has 4 aromatic rings. The van der Waals surface area contributed by atoms with Crippen LogP contribution in [0.1, 0.15) is 32.8 Å². The van der Waals surface area contributed by atoms with E-state index in [2.05, 4.69) is 0 Å². The molecule has 0 spiro atoms. The summed E-state index contributed by atoms with van der Waals surface area (Å²) in [5.74, 6) is -2.03. The molecule has 1 heterocycles. The van der Waals surface area contributed by atoms with Gasteiger partial charge < -0.3 is 9.64 Å². The van der Waals surface area contributed by atoms with Crippen molar-refractivity contribution < 1.29 is 28.8 Å². The van der Waals surface area contributed by atoms with Crippen LogP contribution in [0, 0.1) is 15.5 Å². The van der Waals surface area contributed by atoms with Crippen molar-refractivity contribution in [2.75, 3.05) is 0 Å². The standard InChI is InChI=1S/C36H33N2O7P/c1-25(39)36(3,26(2)40)32-23-33(41)37(32)34(35(42)45-24-27-19-21-28(22-20-27)38(43)44)46(29-13-7-4-8-14-29,30-15-9-5-10-16-30)31-17-11-6-12-18-31/h4-22,32H,23-24H2,1-3H3. The number of β-lactam (4-membered cyclic amide) rings is 1. The molecule has 0 aliphatic carbocycles. The molecule has 1 aliphatic rings. The fourth-order valence-electron chi connectivity index (χ4n) is 5.95. The highest BCUT2D eigenvalue weighted by Crippen LogP contribution is 2.50. The minimum atomic E-state index is -3.25. The van der Waals surface area contributed by atoms with Gasteiger partial charge in [-0.15, -0.1) is 0 Å². The van der Waals surface area contributed by atoms with Gasteiger partial charge in [0.2, 0.25) is 5.91 Å². The number of nitro benzene ring substituents is 1. The highest BCUT2D eigenvalue weighted by atomic mass is 31.2. The average Bonchev–Trinajstić information content (AvgIpc) is 3.07. The van der Waals surface area contributed by atoms with Crippen LogP contribution in [-0.2, 0) is 30.5 Å². The summed E-state index contributed by atoms with van der Waals surface area (Å²) in [6, 6.07) is 32.9. The van der Waals surface area contributed by atoms with Crippen LogP contribution in [-0.4, -0.2) is 44.7 Å². The lowest BCUT2D eigenvalue weighted by molar-refractivity contribution is -0.384. The van der Waals surface area contributed by atoms with Crippen molar-refractivity contribution in [1.82, 2.24) is 4.90 Å². The number of Topliss-reactive ketones (excluding diaryl/α,β-unsaturated/α-hetero) is 2. The molecular weight excluding hydrogens is 603 g/mol. The minimum Gasteiger partial charge on any atom is -0.456 e. The second kappa shape index (κ2) is 13.1. The Hall–Kier alpha value is -5.14. The number of rotatable bonds is 11. The van der Waals surface area contributed by atoms with Gasteiger partial charge in [0.25, 0.3) is 5.69 Å². The number of ether oxygens (including phenoxy) is 1. The molecule has 1 unspecified atom stereocenters. The second-order valence-corrected chi connectivity index (χ2v) is 14.6. The zero-order valence-corrected chi connectivity index (χ0v) is 26.6. The number of carbonyl (C=O) groups excluding carboxylic acids is 4. The van der Waals surface area contributed by atoms with E-state index in [1.54, 1.807) is 0 Å². The third-order valence-electron chi connectivity index (χ3n) is 8.75. The Bertz CT molecular complexity index is 1740. The van der Waals surface area contributed by atoms with E-state index < -0.39 is 46.7 Å².